The molecule has 0 unspecified atom stereocenters. The number of aryl methyl sites for hydroxylation is 1. The monoisotopic (exact) mass is 386 g/mol. The number of hydrogen-bond donors (Lipinski definition) is 2. The van der Waals surface area contributed by atoms with Crippen molar-refractivity contribution in [2.75, 3.05) is 10.6 Å². The maximum absolute atomic E-state index is 4.76. The van der Waals surface area contributed by atoms with Crippen molar-refractivity contribution in [3.05, 3.63) is 40.0 Å². The second-order valence-electron chi connectivity index (χ2n) is 7.01. The standard InChI is InChI=1S/C19H23BrN4/c1-12-6-9-16(15(20)10-12)22-18-11-17(13-7-8-13)23-19(24-18)21-14-4-2-3-5-14/h6,9-11,13-14H,2-5,7-8H2,1H3,(H2,21,22,23,24). The van der Waals surface area contributed by atoms with Crippen LogP contribution in [-0.4, -0.2) is 16.0 Å². The number of rotatable bonds is 5. The number of anilines is 3. The SMILES string of the molecule is Cc1ccc(Nc2cc(C3CC3)nc(NC3CCCC3)n2)c(Br)c1. The van der Waals surface area contributed by atoms with E-state index in [2.05, 4.69) is 57.8 Å². The van der Waals surface area contributed by atoms with Crippen LogP contribution in [0.2, 0.25) is 0 Å². The van der Waals surface area contributed by atoms with Crippen molar-refractivity contribution in [2.24, 2.45) is 0 Å². The molecule has 2 aromatic rings. The minimum Gasteiger partial charge on any atom is -0.351 e. The molecule has 0 aliphatic heterocycles. The van der Waals surface area contributed by atoms with Crippen LogP contribution in [0.15, 0.2) is 28.7 Å². The van der Waals surface area contributed by atoms with E-state index >= 15 is 0 Å². The molecule has 2 aliphatic rings. The molecule has 4 nitrogen and oxygen atoms in total. The van der Waals surface area contributed by atoms with Crippen molar-refractivity contribution in [2.45, 2.75) is 57.4 Å². The summed E-state index contributed by atoms with van der Waals surface area (Å²) < 4.78 is 1.05. The van der Waals surface area contributed by atoms with Gasteiger partial charge in [-0.2, -0.15) is 4.98 Å². The van der Waals surface area contributed by atoms with E-state index in [0.29, 0.717) is 12.0 Å². The maximum Gasteiger partial charge on any atom is 0.225 e. The Labute approximate surface area is 151 Å². The summed E-state index contributed by atoms with van der Waals surface area (Å²) in [6.07, 6.45) is 7.55. The van der Waals surface area contributed by atoms with E-state index in [4.69, 9.17) is 9.97 Å². The maximum atomic E-state index is 4.76. The number of nitrogens with zero attached hydrogens (tertiary/aromatic N) is 2. The second-order valence-corrected chi connectivity index (χ2v) is 7.86. The van der Waals surface area contributed by atoms with Crippen molar-refractivity contribution in [3.8, 4) is 0 Å². The highest BCUT2D eigenvalue weighted by Gasteiger charge is 2.27. The minimum atomic E-state index is 0.526. The number of halogens is 1. The lowest BCUT2D eigenvalue weighted by atomic mass is 10.2. The van der Waals surface area contributed by atoms with E-state index in [9.17, 15) is 0 Å². The Morgan fingerprint density at radius 2 is 1.83 bits per heavy atom. The van der Waals surface area contributed by atoms with Crippen molar-refractivity contribution in [3.63, 3.8) is 0 Å². The van der Waals surface area contributed by atoms with Gasteiger partial charge in [0.15, 0.2) is 0 Å². The van der Waals surface area contributed by atoms with E-state index in [1.165, 1.54) is 44.1 Å². The van der Waals surface area contributed by atoms with Gasteiger partial charge in [-0.3, -0.25) is 0 Å². The van der Waals surface area contributed by atoms with Gasteiger partial charge < -0.3 is 10.6 Å². The van der Waals surface area contributed by atoms with E-state index in [1.807, 2.05) is 0 Å². The first-order chi connectivity index (χ1) is 11.7. The molecule has 0 spiro atoms. The molecule has 126 valence electrons. The van der Waals surface area contributed by atoms with Crippen molar-refractivity contribution < 1.29 is 0 Å². The van der Waals surface area contributed by atoms with Crippen LogP contribution in [-0.2, 0) is 0 Å². The Bertz CT molecular complexity index is 736. The lowest BCUT2D eigenvalue weighted by molar-refractivity contribution is 0.742. The zero-order valence-corrected chi connectivity index (χ0v) is 15.6. The molecule has 1 heterocycles. The molecular weight excluding hydrogens is 364 g/mol. The molecule has 1 aromatic heterocycles. The fraction of sp³-hybridized carbons (Fsp3) is 0.474. The van der Waals surface area contributed by atoms with Crippen LogP contribution in [0.4, 0.5) is 17.5 Å². The van der Waals surface area contributed by atoms with Gasteiger partial charge in [0, 0.05) is 22.5 Å². The molecule has 0 amide bonds. The summed E-state index contributed by atoms with van der Waals surface area (Å²) in [5, 5.41) is 6.99. The summed E-state index contributed by atoms with van der Waals surface area (Å²) >= 11 is 3.63. The highest BCUT2D eigenvalue weighted by molar-refractivity contribution is 9.10. The number of hydrogen-bond acceptors (Lipinski definition) is 4. The molecule has 2 aliphatic carbocycles. The van der Waals surface area contributed by atoms with Gasteiger partial charge in [0.05, 0.1) is 11.4 Å². The Hall–Kier alpha value is -1.62. The van der Waals surface area contributed by atoms with Crippen LogP contribution in [0.5, 0.6) is 0 Å². The molecular formula is C19H23BrN4. The summed E-state index contributed by atoms with van der Waals surface area (Å²) in [7, 11) is 0. The first kappa shape index (κ1) is 15.9. The van der Waals surface area contributed by atoms with Crippen LogP contribution in [0, 0.1) is 6.92 Å². The second kappa shape index (κ2) is 6.71. The lowest BCUT2D eigenvalue weighted by Crippen LogP contribution is -2.17. The summed E-state index contributed by atoms with van der Waals surface area (Å²) in [5.74, 6) is 2.26. The first-order valence-corrected chi connectivity index (χ1v) is 9.65. The van der Waals surface area contributed by atoms with E-state index < -0.39 is 0 Å². The molecule has 1 aromatic carbocycles. The summed E-state index contributed by atoms with van der Waals surface area (Å²) in [6.45, 7) is 2.09. The molecule has 0 saturated heterocycles. The van der Waals surface area contributed by atoms with Gasteiger partial charge in [-0.1, -0.05) is 18.9 Å². The minimum absolute atomic E-state index is 0.526. The Balaban J connectivity index is 1.59. The molecule has 2 saturated carbocycles. The summed E-state index contributed by atoms with van der Waals surface area (Å²) in [6, 6.07) is 8.93. The Morgan fingerprint density at radius 1 is 1.04 bits per heavy atom. The smallest absolute Gasteiger partial charge is 0.225 e. The van der Waals surface area contributed by atoms with Crippen LogP contribution in [0.25, 0.3) is 0 Å². The van der Waals surface area contributed by atoms with Crippen molar-refractivity contribution in [1.29, 1.82) is 0 Å². The molecule has 0 radical (unpaired) electrons. The van der Waals surface area contributed by atoms with Gasteiger partial charge in [0.1, 0.15) is 5.82 Å². The summed E-state index contributed by atoms with van der Waals surface area (Å²) in [5.41, 5.74) is 3.43. The largest absolute Gasteiger partial charge is 0.351 e. The van der Waals surface area contributed by atoms with Crippen LogP contribution >= 0.6 is 15.9 Å². The lowest BCUT2D eigenvalue weighted by Gasteiger charge is -2.15. The Kier molecular flexibility index (Phi) is 4.44. The first-order valence-electron chi connectivity index (χ1n) is 8.86. The predicted molar refractivity (Wildman–Crippen MR) is 102 cm³/mol. The van der Waals surface area contributed by atoms with E-state index in [-0.39, 0.29) is 0 Å². The highest BCUT2D eigenvalue weighted by atomic mass is 79.9. The van der Waals surface area contributed by atoms with Crippen LogP contribution < -0.4 is 10.6 Å². The van der Waals surface area contributed by atoms with E-state index in [1.54, 1.807) is 0 Å². The van der Waals surface area contributed by atoms with Gasteiger partial charge >= 0.3 is 0 Å². The molecule has 24 heavy (non-hydrogen) atoms. The van der Waals surface area contributed by atoms with Gasteiger partial charge in [-0.15, -0.1) is 0 Å². The van der Waals surface area contributed by atoms with Gasteiger partial charge in [0.25, 0.3) is 0 Å². The molecule has 2 fully saturated rings. The van der Waals surface area contributed by atoms with Crippen molar-refractivity contribution in [1.82, 2.24) is 9.97 Å². The van der Waals surface area contributed by atoms with Crippen LogP contribution in [0.1, 0.15) is 55.7 Å². The third-order valence-corrected chi connectivity index (χ3v) is 5.47. The molecule has 0 bridgehead atoms. The van der Waals surface area contributed by atoms with Crippen molar-refractivity contribution >= 4 is 33.4 Å². The number of nitrogens with one attached hydrogen (secondary N) is 2. The fourth-order valence-corrected chi connectivity index (χ4v) is 3.89. The number of aromatic nitrogens is 2. The van der Waals surface area contributed by atoms with Gasteiger partial charge in [-0.25, -0.2) is 4.98 Å². The molecule has 2 N–H and O–H groups in total. The van der Waals surface area contributed by atoms with Crippen LogP contribution in [0.3, 0.4) is 0 Å². The van der Waals surface area contributed by atoms with Gasteiger partial charge in [-0.05, 0) is 66.2 Å². The normalized spacial score (nSPS) is 17.9. The zero-order chi connectivity index (χ0) is 16.5. The molecule has 4 rings (SSSR count). The third kappa shape index (κ3) is 3.72. The van der Waals surface area contributed by atoms with E-state index in [0.717, 1.165) is 27.6 Å². The zero-order valence-electron chi connectivity index (χ0n) is 14.0. The third-order valence-electron chi connectivity index (χ3n) is 4.82. The average molecular weight is 387 g/mol. The predicted octanol–water partition coefficient (Wildman–Crippen LogP) is 5.52. The van der Waals surface area contributed by atoms with Gasteiger partial charge in [0.2, 0.25) is 5.95 Å². The molecule has 5 heteroatoms. The summed E-state index contributed by atoms with van der Waals surface area (Å²) in [4.78, 5) is 9.47. The topological polar surface area (TPSA) is 49.8 Å². The fourth-order valence-electron chi connectivity index (χ4n) is 3.30. The number of benzene rings is 1. The average Bonchev–Trinajstić information content (AvgIpc) is 3.29. The molecule has 0 atom stereocenters. The quantitative estimate of drug-likeness (QED) is 0.709. The highest BCUT2D eigenvalue weighted by Crippen LogP contribution is 2.40. The Morgan fingerprint density at radius 3 is 2.54 bits per heavy atom.